The molecule has 3 fully saturated rings. The number of methoxy groups -OCH3 is 1. The summed E-state index contributed by atoms with van der Waals surface area (Å²) in [5.41, 5.74) is 0.605. The molecule has 0 saturated carbocycles. The molecule has 1 aromatic carbocycles. The summed E-state index contributed by atoms with van der Waals surface area (Å²) < 4.78 is 22.5. The highest BCUT2D eigenvalue weighted by Crippen LogP contribution is 2.28. The van der Waals surface area contributed by atoms with Crippen molar-refractivity contribution in [3.8, 4) is 5.75 Å². The molecule has 4 rings (SSSR count). The molecule has 11 heteroatoms. The van der Waals surface area contributed by atoms with Crippen LogP contribution >= 0.6 is 0 Å². The Bertz CT molecular complexity index is 882. The molecule has 0 spiro atoms. The van der Waals surface area contributed by atoms with Crippen LogP contribution in [0, 0.1) is 0 Å². The van der Waals surface area contributed by atoms with Crippen molar-refractivity contribution in [2.45, 2.75) is 50.0 Å². The van der Waals surface area contributed by atoms with Crippen LogP contribution in [-0.2, 0) is 19.0 Å². The molecule has 0 radical (unpaired) electrons. The molecule has 1 aromatic rings. The summed E-state index contributed by atoms with van der Waals surface area (Å²) in [6, 6.07) is 6.55. The highest BCUT2D eigenvalue weighted by molar-refractivity contribution is 5.89. The molecule has 4 atom stereocenters. The number of nitrogens with one attached hydrogen (secondary N) is 2. The van der Waals surface area contributed by atoms with Crippen molar-refractivity contribution >= 4 is 17.6 Å². The van der Waals surface area contributed by atoms with E-state index >= 15 is 0 Å². The number of aliphatic hydroxyl groups excluding tert-OH is 1. The van der Waals surface area contributed by atoms with Gasteiger partial charge in [0.05, 0.1) is 64.8 Å². The Morgan fingerprint density at radius 3 is 2.81 bits per heavy atom. The minimum Gasteiger partial charge on any atom is -0.497 e. The number of amides is 3. The Balaban J connectivity index is 1.27. The number of hydrogen-bond donors (Lipinski definition) is 3. The van der Waals surface area contributed by atoms with Gasteiger partial charge in [-0.25, -0.2) is 4.79 Å². The van der Waals surface area contributed by atoms with Crippen molar-refractivity contribution in [1.82, 2.24) is 15.1 Å². The smallest absolute Gasteiger partial charge is 0.322 e. The predicted octanol–water partition coefficient (Wildman–Crippen LogP) is 1.07. The number of ether oxygens (including phenoxy) is 4. The summed E-state index contributed by atoms with van der Waals surface area (Å²) >= 11 is 0. The lowest BCUT2D eigenvalue weighted by Gasteiger charge is -2.44. The zero-order chi connectivity index (χ0) is 26.0. The van der Waals surface area contributed by atoms with Crippen LogP contribution in [0.5, 0.6) is 5.75 Å². The number of benzene rings is 1. The first-order chi connectivity index (χ1) is 18.0. The minimum absolute atomic E-state index is 0.0276. The van der Waals surface area contributed by atoms with Crippen LogP contribution in [0.15, 0.2) is 24.3 Å². The Kier molecular flexibility index (Phi) is 10.4. The molecule has 206 valence electrons. The van der Waals surface area contributed by atoms with E-state index in [1.165, 1.54) is 0 Å². The molecule has 3 aliphatic heterocycles. The number of hydrogen-bond acceptors (Lipinski definition) is 8. The van der Waals surface area contributed by atoms with Crippen LogP contribution in [0.1, 0.15) is 25.7 Å². The average molecular weight is 521 g/mol. The lowest BCUT2D eigenvalue weighted by atomic mass is 9.95. The van der Waals surface area contributed by atoms with Crippen molar-refractivity contribution < 1.29 is 33.6 Å². The third-order valence-electron chi connectivity index (χ3n) is 7.05. The first-order valence-electron chi connectivity index (χ1n) is 13.2. The highest BCUT2D eigenvalue weighted by Gasteiger charge is 2.40. The molecule has 0 unspecified atom stereocenters. The van der Waals surface area contributed by atoms with Crippen LogP contribution in [-0.4, -0.2) is 117 Å². The van der Waals surface area contributed by atoms with E-state index in [0.717, 1.165) is 39.3 Å². The van der Waals surface area contributed by atoms with Crippen molar-refractivity contribution in [1.29, 1.82) is 0 Å². The molecule has 0 aliphatic carbocycles. The molecular formula is C26H40N4O7. The fourth-order valence-electron chi connectivity index (χ4n) is 5.10. The summed E-state index contributed by atoms with van der Waals surface area (Å²) in [7, 11) is 1.57. The Morgan fingerprint density at radius 1 is 1.16 bits per heavy atom. The van der Waals surface area contributed by atoms with Crippen LogP contribution in [0.4, 0.5) is 10.5 Å². The number of aliphatic hydroxyl groups is 1. The molecule has 37 heavy (non-hydrogen) atoms. The summed E-state index contributed by atoms with van der Waals surface area (Å²) in [4.78, 5) is 29.8. The van der Waals surface area contributed by atoms with Gasteiger partial charge in [-0.2, -0.15) is 0 Å². The second-order valence-corrected chi connectivity index (χ2v) is 9.81. The van der Waals surface area contributed by atoms with Crippen molar-refractivity contribution in [2.75, 3.05) is 71.6 Å². The molecule has 3 N–H and O–H groups in total. The predicted molar refractivity (Wildman–Crippen MR) is 137 cm³/mol. The molecule has 3 saturated heterocycles. The maximum absolute atomic E-state index is 13.2. The van der Waals surface area contributed by atoms with E-state index in [9.17, 15) is 14.7 Å². The quantitative estimate of drug-likeness (QED) is 0.435. The standard InChI is InChI=1S/C26H40N4O7/c1-34-21-5-2-4-19(14-21)28-26(33)30-16-20(31)17-36-18-24-23(30)7-6-22(37-24)15-25(32)27-8-3-9-29-10-12-35-13-11-29/h2,4-5,14,20,22-24,31H,3,6-13,15-18H2,1H3,(H,27,32)(H,28,33)/t20-,22-,23+,24-/m0/s1. The van der Waals surface area contributed by atoms with Crippen molar-refractivity contribution in [3.05, 3.63) is 24.3 Å². The fourth-order valence-corrected chi connectivity index (χ4v) is 5.10. The van der Waals surface area contributed by atoms with E-state index in [2.05, 4.69) is 15.5 Å². The van der Waals surface area contributed by atoms with Gasteiger partial charge in [-0.05, 0) is 37.9 Å². The molecule has 3 amide bonds. The van der Waals surface area contributed by atoms with Gasteiger partial charge in [-0.1, -0.05) is 6.07 Å². The van der Waals surface area contributed by atoms with Gasteiger partial charge in [0.2, 0.25) is 5.91 Å². The number of β-amino-alcohol motifs (C(OH)–C–C–N with tert-alkyl or cyclic N) is 1. The number of carbonyl (C=O) groups is 2. The minimum atomic E-state index is -0.794. The third-order valence-corrected chi connectivity index (χ3v) is 7.05. The van der Waals surface area contributed by atoms with Gasteiger partial charge in [0.25, 0.3) is 0 Å². The second kappa shape index (κ2) is 13.9. The summed E-state index contributed by atoms with van der Waals surface area (Å²) in [5.74, 6) is 0.611. The van der Waals surface area contributed by atoms with Gasteiger partial charge >= 0.3 is 6.03 Å². The zero-order valence-electron chi connectivity index (χ0n) is 21.6. The average Bonchev–Trinajstić information content (AvgIpc) is 2.90. The number of fused-ring (bicyclic) bond motifs is 1. The number of rotatable bonds is 8. The Hall–Kier alpha value is -2.44. The largest absolute Gasteiger partial charge is 0.497 e. The normalized spacial score (nSPS) is 26.9. The van der Waals surface area contributed by atoms with Crippen LogP contribution in [0.3, 0.4) is 0 Å². The monoisotopic (exact) mass is 520 g/mol. The Morgan fingerprint density at radius 2 is 2.00 bits per heavy atom. The zero-order valence-corrected chi connectivity index (χ0v) is 21.6. The first-order valence-corrected chi connectivity index (χ1v) is 13.2. The van der Waals surface area contributed by atoms with E-state index in [1.54, 1.807) is 36.3 Å². The van der Waals surface area contributed by atoms with Gasteiger partial charge in [-0.15, -0.1) is 0 Å². The van der Waals surface area contributed by atoms with E-state index in [1.807, 2.05) is 0 Å². The molecule has 3 heterocycles. The molecule has 0 aromatic heterocycles. The third kappa shape index (κ3) is 8.27. The first kappa shape index (κ1) is 27.6. The van der Waals surface area contributed by atoms with Gasteiger partial charge < -0.3 is 39.6 Å². The summed E-state index contributed by atoms with van der Waals surface area (Å²) in [6.07, 6.45) is 1.06. The molecular weight excluding hydrogens is 480 g/mol. The van der Waals surface area contributed by atoms with E-state index in [0.29, 0.717) is 30.8 Å². The summed E-state index contributed by atoms with van der Waals surface area (Å²) in [6.45, 7) is 5.52. The number of anilines is 1. The SMILES string of the molecule is COc1cccc(NC(=O)N2C[C@H](O)COC[C@@H]3O[C@H](CC(=O)NCCCN4CCOCC4)CC[C@H]32)c1. The van der Waals surface area contributed by atoms with Gasteiger partial charge in [-0.3, -0.25) is 9.69 Å². The highest BCUT2D eigenvalue weighted by atomic mass is 16.5. The molecule has 3 aliphatic rings. The van der Waals surface area contributed by atoms with Gasteiger partial charge in [0.15, 0.2) is 0 Å². The fraction of sp³-hybridized carbons (Fsp3) is 0.692. The van der Waals surface area contributed by atoms with Crippen LogP contribution < -0.4 is 15.4 Å². The van der Waals surface area contributed by atoms with Crippen molar-refractivity contribution in [2.24, 2.45) is 0 Å². The maximum Gasteiger partial charge on any atom is 0.322 e. The van der Waals surface area contributed by atoms with Gasteiger partial charge in [0.1, 0.15) is 11.9 Å². The van der Waals surface area contributed by atoms with E-state index < -0.39 is 6.10 Å². The van der Waals surface area contributed by atoms with Crippen LogP contribution in [0.2, 0.25) is 0 Å². The molecule has 0 bridgehead atoms. The second-order valence-electron chi connectivity index (χ2n) is 9.81. The maximum atomic E-state index is 13.2. The topological polar surface area (TPSA) is 122 Å². The van der Waals surface area contributed by atoms with Gasteiger partial charge in [0, 0.05) is 31.4 Å². The molecule has 11 nitrogen and oxygen atoms in total. The van der Waals surface area contributed by atoms with E-state index in [-0.39, 0.29) is 56.4 Å². The Labute approximate surface area is 218 Å². The van der Waals surface area contributed by atoms with Crippen LogP contribution in [0.25, 0.3) is 0 Å². The van der Waals surface area contributed by atoms with E-state index in [4.69, 9.17) is 18.9 Å². The number of carbonyl (C=O) groups excluding carboxylic acids is 2. The number of morpholine rings is 1. The lowest BCUT2D eigenvalue weighted by Crippen LogP contribution is -2.58. The van der Waals surface area contributed by atoms with Crippen molar-refractivity contribution in [3.63, 3.8) is 0 Å². The lowest BCUT2D eigenvalue weighted by molar-refractivity contribution is -0.149. The number of urea groups is 1. The number of nitrogens with zero attached hydrogens (tertiary/aromatic N) is 2. The summed E-state index contributed by atoms with van der Waals surface area (Å²) in [5, 5.41) is 16.3.